The van der Waals surface area contributed by atoms with Gasteiger partial charge >= 0.3 is 0 Å². The average molecular weight is 320 g/mol. The highest BCUT2D eigenvalue weighted by Gasteiger charge is 2.53. The molecule has 0 fully saturated rings. The highest BCUT2D eigenvalue weighted by Crippen LogP contribution is 2.35. The lowest BCUT2D eigenvalue weighted by Gasteiger charge is -2.37. The Morgan fingerprint density at radius 1 is 1.13 bits per heavy atom. The van der Waals surface area contributed by atoms with Gasteiger partial charge in [0, 0.05) is 18.2 Å². The number of rotatable bonds is 3. The zero-order valence-corrected chi connectivity index (χ0v) is 13.8. The molecular weight excluding hydrogens is 300 g/mol. The molecule has 0 radical (unpaired) electrons. The van der Waals surface area contributed by atoms with Crippen molar-refractivity contribution >= 4 is 11.6 Å². The van der Waals surface area contributed by atoms with Gasteiger partial charge in [0.2, 0.25) is 11.6 Å². The van der Waals surface area contributed by atoms with E-state index in [1.54, 1.807) is 26.0 Å². The van der Waals surface area contributed by atoms with E-state index in [2.05, 4.69) is 0 Å². The number of benzene rings is 1. The lowest BCUT2D eigenvalue weighted by molar-refractivity contribution is -0.159. The molecule has 2 unspecified atom stereocenters. The normalized spacial score (nSPS) is 25.0. The molecule has 1 aromatic carbocycles. The molecule has 0 amide bonds. The molecule has 2 rings (SSSR count). The van der Waals surface area contributed by atoms with E-state index in [0.717, 1.165) is 5.56 Å². The van der Waals surface area contributed by atoms with Gasteiger partial charge in [-0.2, -0.15) is 0 Å². The maximum atomic E-state index is 12.5. The van der Waals surface area contributed by atoms with Crippen molar-refractivity contribution in [1.82, 2.24) is 0 Å². The molecule has 0 saturated carbocycles. The van der Waals surface area contributed by atoms with Gasteiger partial charge in [0.25, 0.3) is 0 Å². The Bertz CT molecular complexity index is 718. The monoisotopic (exact) mass is 320 g/mol. The molecule has 2 N–H and O–H groups in total. The van der Waals surface area contributed by atoms with Gasteiger partial charge in [-0.25, -0.2) is 0 Å². The van der Waals surface area contributed by atoms with Crippen molar-refractivity contribution in [2.75, 3.05) is 7.11 Å². The van der Waals surface area contributed by atoms with Crippen molar-refractivity contribution in [1.29, 1.82) is 0 Å². The first-order chi connectivity index (χ1) is 10.6. The summed E-state index contributed by atoms with van der Waals surface area (Å²) in [5.41, 5.74) is -0.520. The standard InChI is InChI=1S/C17H20O6/c1-8-6-11(18)9(2)12(7-8)23-16-14(20)10(3)13(19)15(21)17(16,4)22-5/h6-7,16,18-19H,1-5H3. The Morgan fingerprint density at radius 3 is 2.30 bits per heavy atom. The summed E-state index contributed by atoms with van der Waals surface area (Å²) in [5.74, 6) is -1.54. The van der Waals surface area contributed by atoms with Gasteiger partial charge in [-0.05, 0) is 45.4 Å². The van der Waals surface area contributed by atoms with Crippen molar-refractivity contribution in [2.24, 2.45) is 0 Å². The number of ketones is 2. The number of hydrogen-bond donors (Lipinski definition) is 2. The fourth-order valence-electron chi connectivity index (χ4n) is 2.51. The minimum Gasteiger partial charge on any atom is -0.508 e. The van der Waals surface area contributed by atoms with Gasteiger partial charge in [-0.15, -0.1) is 0 Å². The van der Waals surface area contributed by atoms with E-state index in [1.165, 1.54) is 21.0 Å². The lowest BCUT2D eigenvalue weighted by Crippen LogP contribution is -2.59. The highest BCUT2D eigenvalue weighted by molar-refractivity contribution is 6.16. The van der Waals surface area contributed by atoms with Gasteiger partial charge in [-0.3, -0.25) is 9.59 Å². The Morgan fingerprint density at radius 2 is 1.74 bits per heavy atom. The van der Waals surface area contributed by atoms with Gasteiger partial charge in [0.15, 0.2) is 17.5 Å². The minimum absolute atomic E-state index is 0.0313. The van der Waals surface area contributed by atoms with Gasteiger partial charge < -0.3 is 19.7 Å². The van der Waals surface area contributed by atoms with Crippen LogP contribution in [0.25, 0.3) is 0 Å². The maximum Gasteiger partial charge on any atom is 0.233 e. The van der Waals surface area contributed by atoms with Crippen LogP contribution in [0.3, 0.4) is 0 Å². The molecule has 2 atom stereocenters. The summed E-state index contributed by atoms with van der Waals surface area (Å²) in [4.78, 5) is 24.8. The summed E-state index contributed by atoms with van der Waals surface area (Å²) >= 11 is 0. The molecule has 23 heavy (non-hydrogen) atoms. The Labute approximate surface area is 134 Å². The number of methoxy groups -OCH3 is 1. The third-order valence-electron chi connectivity index (χ3n) is 4.28. The number of aryl methyl sites for hydroxylation is 1. The molecule has 0 aromatic heterocycles. The van der Waals surface area contributed by atoms with Crippen LogP contribution >= 0.6 is 0 Å². The van der Waals surface area contributed by atoms with Gasteiger partial charge in [0.05, 0.1) is 0 Å². The highest BCUT2D eigenvalue weighted by atomic mass is 16.6. The summed E-state index contributed by atoms with van der Waals surface area (Å²) in [6.45, 7) is 6.17. The molecule has 6 heteroatoms. The molecule has 0 bridgehead atoms. The zero-order chi connectivity index (χ0) is 17.5. The Hall–Kier alpha value is -2.34. The first kappa shape index (κ1) is 17.0. The van der Waals surface area contributed by atoms with Crippen LogP contribution in [0.1, 0.15) is 25.0 Å². The van der Waals surface area contributed by atoms with E-state index in [-0.39, 0.29) is 17.1 Å². The molecule has 1 aliphatic carbocycles. The Kier molecular flexibility index (Phi) is 4.22. The first-order valence-corrected chi connectivity index (χ1v) is 7.14. The first-order valence-electron chi connectivity index (χ1n) is 7.14. The van der Waals surface area contributed by atoms with E-state index in [9.17, 15) is 19.8 Å². The van der Waals surface area contributed by atoms with Crippen molar-refractivity contribution < 1.29 is 29.3 Å². The number of Topliss-reactive ketones (excluding diaryl/α,β-unsaturated/α-hetero) is 2. The van der Waals surface area contributed by atoms with Crippen LogP contribution in [0.15, 0.2) is 23.5 Å². The average Bonchev–Trinajstić information content (AvgIpc) is 2.52. The van der Waals surface area contributed by atoms with E-state index < -0.39 is 29.0 Å². The van der Waals surface area contributed by atoms with Crippen LogP contribution in [-0.2, 0) is 14.3 Å². The third kappa shape index (κ3) is 2.59. The van der Waals surface area contributed by atoms with Crippen molar-refractivity contribution in [3.8, 4) is 11.5 Å². The third-order valence-corrected chi connectivity index (χ3v) is 4.28. The van der Waals surface area contributed by atoms with Crippen LogP contribution in [0.5, 0.6) is 11.5 Å². The predicted octanol–water partition coefficient (Wildman–Crippen LogP) is 2.15. The van der Waals surface area contributed by atoms with Crippen molar-refractivity contribution in [3.05, 3.63) is 34.6 Å². The predicted molar refractivity (Wildman–Crippen MR) is 82.8 cm³/mol. The number of carbonyl (C=O) groups is 2. The molecule has 0 spiro atoms. The van der Waals surface area contributed by atoms with Gasteiger partial charge in [-0.1, -0.05) is 0 Å². The van der Waals surface area contributed by atoms with E-state index in [4.69, 9.17) is 9.47 Å². The fourth-order valence-corrected chi connectivity index (χ4v) is 2.51. The maximum absolute atomic E-state index is 12.5. The van der Waals surface area contributed by atoms with Crippen molar-refractivity contribution in [2.45, 2.75) is 39.4 Å². The second-order valence-corrected chi connectivity index (χ2v) is 5.88. The zero-order valence-electron chi connectivity index (χ0n) is 13.8. The summed E-state index contributed by atoms with van der Waals surface area (Å²) in [6.07, 6.45) is -1.25. The number of ether oxygens (including phenoxy) is 2. The quantitative estimate of drug-likeness (QED) is 0.886. The minimum atomic E-state index is -1.65. The smallest absolute Gasteiger partial charge is 0.233 e. The van der Waals surface area contributed by atoms with Crippen LogP contribution in [0, 0.1) is 13.8 Å². The molecule has 0 heterocycles. The number of phenolic OH excluding ortho intramolecular Hbond substituents is 1. The summed E-state index contributed by atoms with van der Waals surface area (Å²) in [7, 11) is 1.27. The summed E-state index contributed by atoms with van der Waals surface area (Å²) in [6, 6.07) is 3.24. The molecule has 124 valence electrons. The topological polar surface area (TPSA) is 93.1 Å². The van der Waals surface area contributed by atoms with Crippen LogP contribution in [0.2, 0.25) is 0 Å². The van der Waals surface area contributed by atoms with Crippen molar-refractivity contribution in [3.63, 3.8) is 0 Å². The summed E-state index contributed by atoms with van der Waals surface area (Å²) < 4.78 is 11.0. The second kappa shape index (κ2) is 5.70. The molecule has 1 aliphatic rings. The van der Waals surface area contributed by atoms with E-state index >= 15 is 0 Å². The number of phenols is 1. The molecule has 1 aromatic rings. The molecule has 0 saturated heterocycles. The van der Waals surface area contributed by atoms with E-state index in [0.29, 0.717) is 5.56 Å². The van der Waals surface area contributed by atoms with Crippen LogP contribution in [-0.4, -0.2) is 40.6 Å². The Balaban J connectivity index is 2.53. The lowest BCUT2D eigenvalue weighted by atomic mass is 9.81. The van der Waals surface area contributed by atoms with E-state index in [1.807, 2.05) is 0 Å². The van der Waals surface area contributed by atoms with Gasteiger partial charge in [0.1, 0.15) is 11.5 Å². The molecular formula is C17H20O6. The largest absolute Gasteiger partial charge is 0.508 e. The SMILES string of the molecule is COC1(C)C(=O)C(O)=C(C)C(=O)C1Oc1cc(C)cc(O)c1C. The number of hydrogen-bond acceptors (Lipinski definition) is 6. The fraction of sp³-hybridized carbons (Fsp3) is 0.412. The number of aromatic hydroxyl groups is 1. The summed E-state index contributed by atoms with van der Waals surface area (Å²) in [5, 5.41) is 19.7. The number of carbonyl (C=O) groups excluding carboxylic acids is 2. The van der Waals surface area contributed by atoms with Crippen LogP contribution in [0.4, 0.5) is 0 Å². The van der Waals surface area contributed by atoms with Crippen LogP contribution < -0.4 is 4.74 Å². The molecule has 0 aliphatic heterocycles. The second-order valence-electron chi connectivity index (χ2n) is 5.88. The number of aliphatic hydroxyl groups is 1. The molecule has 6 nitrogen and oxygen atoms in total. The number of aliphatic hydroxyl groups excluding tert-OH is 1.